The number of nitrogens with zero attached hydrogens (tertiary/aromatic N) is 1. The second-order valence-corrected chi connectivity index (χ2v) is 6.09. The summed E-state index contributed by atoms with van der Waals surface area (Å²) in [5.41, 5.74) is 4.80. The van der Waals surface area contributed by atoms with Gasteiger partial charge in [-0.25, -0.2) is 9.79 Å². The number of allylic oxidation sites excluding steroid dienone is 1. The van der Waals surface area contributed by atoms with Crippen LogP contribution in [0.5, 0.6) is 0 Å². The molecule has 1 saturated heterocycles. The van der Waals surface area contributed by atoms with Crippen LogP contribution < -0.4 is 10.7 Å². The van der Waals surface area contributed by atoms with Crippen molar-refractivity contribution in [2.75, 3.05) is 13.1 Å². The van der Waals surface area contributed by atoms with Crippen molar-refractivity contribution in [3.63, 3.8) is 0 Å². The maximum Gasteiger partial charge on any atom is 0.410 e. The summed E-state index contributed by atoms with van der Waals surface area (Å²) in [6.07, 6.45) is 5.76. The van der Waals surface area contributed by atoms with Crippen molar-refractivity contribution >= 4 is 12.3 Å². The van der Waals surface area contributed by atoms with Gasteiger partial charge in [-0.05, 0) is 39.3 Å². The molecule has 0 aliphatic carbocycles. The van der Waals surface area contributed by atoms with Crippen molar-refractivity contribution in [3.05, 3.63) is 12.3 Å². The molecule has 0 aromatic heterocycles. The van der Waals surface area contributed by atoms with Gasteiger partial charge in [0.15, 0.2) is 12.8 Å². The number of likely N-dealkylation sites (tertiary alicyclic amines) is 1. The molecule has 5 nitrogen and oxygen atoms in total. The van der Waals surface area contributed by atoms with E-state index in [1.807, 2.05) is 25.7 Å². The van der Waals surface area contributed by atoms with Crippen LogP contribution >= 0.6 is 0 Å². The largest absolute Gasteiger partial charge is 0.444 e. The first-order valence-electron chi connectivity index (χ1n) is 6.76. The van der Waals surface area contributed by atoms with E-state index >= 15 is 0 Å². The third-order valence-corrected chi connectivity index (χ3v) is 2.93. The highest BCUT2D eigenvalue weighted by Gasteiger charge is 2.36. The first-order chi connectivity index (χ1) is 8.83. The third kappa shape index (κ3) is 5.32. The predicted molar refractivity (Wildman–Crippen MR) is 75.7 cm³/mol. The van der Waals surface area contributed by atoms with Gasteiger partial charge in [-0.1, -0.05) is 6.92 Å². The van der Waals surface area contributed by atoms with Crippen LogP contribution in [-0.2, 0) is 4.74 Å². The van der Waals surface area contributed by atoms with Crippen LogP contribution in [0.1, 0.15) is 34.1 Å². The summed E-state index contributed by atoms with van der Waals surface area (Å²) in [6.45, 7) is 9.29. The van der Waals surface area contributed by atoms with Gasteiger partial charge in [-0.15, -0.1) is 0 Å². The molecule has 0 unspecified atom stereocenters. The molecule has 0 bridgehead atoms. The van der Waals surface area contributed by atoms with Gasteiger partial charge in [-0.2, -0.15) is 0 Å². The molecule has 2 atom stereocenters. The Morgan fingerprint density at radius 1 is 1.53 bits per heavy atom. The van der Waals surface area contributed by atoms with Crippen molar-refractivity contribution in [2.45, 2.75) is 45.8 Å². The molecule has 5 heteroatoms. The standard InChI is InChI=1S/C14H25N3O2/c1-11-8-12(9-16-7-5-6-15)17(10-11)13(18)19-14(2,3)4/h5-7,11-12H,8-10,15H2,1-4H3/p+1/b6-5-,16-7?/t11-,12+/m1/s1. The minimum atomic E-state index is -0.449. The molecule has 3 N–H and O–H groups in total. The van der Waals surface area contributed by atoms with Gasteiger partial charge < -0.3 is 10.5 Å². The first-order valence-corrected chi connectivity index (χ1v) is 6.76. The van der Waals surface area contributed by atoms with E-state index in [4.69, 9.17) is 10.5 Å². The van der Waals surface area contributed by atoms with Gasteiger partial charge in [0.05, 0.1) is 6.04 Å². The fourth-order valence-corrected chi connectivity index (χ4v) is 2.22. The van der Waals surface area contributed by atoms with Crippen LogP contribution in [0.4, 0.5) is 4.79 Å². The summed E-state index contributed by atoms with van der Waals surface area (Å²) < 4.78 is 5.44. The summed E-state index contributed by atoms with van der Waals surface area (Å²) >= 11 is 0. The molecule has 0 radical (unpaired) electrons. The molecule has 1 amide bonds. The number of hydrogen-bond donors (Lipinski definition) is 2. The van der Waals surface area contributed by atoms with E-state index in [-0.39, 0.29) is 12.1 Å². The Balaban J connectivity index is 2.61. The van der Waals surface area contributed by atoms with Crippen molar-refractivity contribution in [3.8, 4) is 0 Å². The number of amides is 1. The highest BCUT2D eigenvalue weighted by molar-refractivity contribution is 5.69. The van der Waals surface area contributed by atoms with Gasteiger partial charge >= 0.3 is 6.09 Å². The third-order valence-electron chi connectivity index (χ3n) is 2.93. The Morgan fingerprint density at radius 3 is 2.79 bits per heavy atom. The average molecular weight is 268 g/mol. The number of carbonyl (C=O) groups excluding carboxylic acids is 1. The first kappa shape index (κ1) is 15.5. The lowest BCUT2D eigenvalue weighted by Crippen LogP contribution is -2.73. The van der Waals surface area contributed by atoms with Crippen molar-refractivity contribution in [1.29, 1.82) is 0 Å². The minimum Gasteiger partial charge on any atom is -0.444 e. The zero-order valence-corrected chi connectivity index (χ0v) is 12.3. The molecule has 0 aromatic rings. The molecule has 1 aliphatic heterocycles. The molecule has 19 heavy (non-hydrogen) atoms. The Bertz CT molecular complexity index is 358. The molecule has 0 aromatic carbocycles. The monoisotopic (exact) mass is 268 g/mol. The van der Waals surface area contributed by atoms with E-state index in [1.165, 1.54) is 6.20 Å². The fraction of sp³-hybridized carbons (Fsp3) is 0.714. The van der Waals surface area contributed by atoms with E-state index in [1.54, 1.807) is 12.3 Å². The van der Waals surface area contributed by atoms with Crippen molar-refractivity contribution in [2.24, 2.45) is 11.7 Å². The van der Waals surface area contributed by atoms with Crippen LogP contribution in [0.25, 0.3) is 0 Å². The van der Waals surface area contributed by atoms with Crippen LogP contribution in [-0.4, -0.2) is 41.9 Å². The van der Waals surface area contributed by atoms with Crippen LogP contribution in [0.15, 0.2) is 12.3 Å². The molecule has 108 valence electrons. The quantitative estimate of drug-likeness (QED) is 0.721. The number of nitrogens with two attached hydrogens (primary N) is 1. The van der Waals surface area contributed by atoms with Crippen LogP contribution in [0, 0.1) is 5.92 Å². The maximum absolute atomic E-state index is 12.1. The molecule has 1 rings (SSSR count). The Kier molecular flexibility index (Phi) is 5.39. The number of hydrogen-bond acceptors (Lipinski definition) is 3. The number of nitrogens with one attached hydrogen (secondary N) is 1. The van der Waals surface area contributed by atoms with E-state index in [9.17, 15) is 4.79 Å². The molecule has 0 spiro atoms. The predicted octanol–water partition coefficient (Wildman–Crippen LogP) is 0.256. The lowest BCUT2D eigenvalue weighted by Gasteiger charge is -2.27. The zero-order valence-electron chi connectivity index (χ0n) is 12.3. The molecule has 0 saturated carbocycles. The molecule has 1 aliphatic rings. The van der Waals surface area contributed by atoms with E-state index in [2.05, 4.69) is 11.9 Å². The van der Waals surface area contributed by atoms with E-state index in [0.717, 1.165) is 13.0 Å². The van der Waals surface area contributed by atoms with Gasteiger partial charge in [0.1, 0.15) is 5.60 Å². The minimum absolute atomic E-state index is 0.173. The van der Waals surface area contributed by atoms with Crippen LogP contribution in [0.3, 0.4) is 0 Å². The Morgan fingerprint density at radius 2 is 2.21 bits per heavy atom. The maximum atomic E-state index is 12.1. The average Bonchev–Trinajstić information content (AvgIpc) is 2.64. The number of rotatable bonds is 3. The van der Waals surface area contributed by atoms with E-state index < -0.39 is 5.60 Å². The lowest BCUT2D eigenvalue weighted by molar-refractivity contribution is -0.457. The number of carbonyl (C=O) groups is 1. The topological polar surface area (TPSA) is 69.5 Å². The summed E-state index contributed by atoms with van der Waals surface area (Å²) in [6, 6.07) is 0.173. The summed E-state index contributed by atoms with van der Waals surface area (Å²) in [7, 11) is 0. The fourth-order valence-electron chi connectivity index (χ4n) is 2.22. The second kappa shape index (κ2) is 6.59. The normalized spacial score (nSPS) is 24.5. The highest BCUT2D eigenvalue weighted by Crippen LogP contribution is 2.24. The molecular weight excluding hydrogens is 242 g/mol. The zero-order chi connectivity index (χ0) is 14.5. The van der Waals surface area contributed by atoms with Gasteiger partial charge in [0, 0.05) is 12.6 Å². The lowest BCUT2D eigenvalue weighted by atomic mass is 10.1. The highest BCUT2D eigenvalue weighted by atomic mass is 16.6. The van der Waals surface area contributed by atoms with Gasteiger partial charge in [0.25, 0.3) is 0 Å². The smallest absolute Gasteiger partial charge is 0.410 e. The van der Waals surface area contributed by atoms with Gasteiger partial charge in [0.2, 0.25) is 0 Å². The van der Waals surface area contributed by atoms with Gasteiger partial charge in [-0.3, -0.25) is 4.90 Å². The second-order valence-electron chi connectivity index (χ2n) is 6.09. The molecule has 1 fully saturated rings. The SMILES string of the molecule is C[C@@H]1C[C@@H](C[NH+]=C/C=C\N)N(C(=O)OC(C)(C)C)C1. The van der Waals surface area contributed by atoms with Crippen molar-refractivity contribution < 1.29 is 14.5 Å². The van der Waals surface area contributed by atoms with Crippen molar-refractivity contribution in [1.82, 2.24) is 4.90 Å². The summed E-state index contributed by atoms with van der Waals surface area (Å²) in [4.78, 5) is 17.1. The molecule has 1 heterocycles. The Hall–Kier alpha value is -1.52. The number of ether oxygens (including phenoxy) is 1. The van der Waals surface area contributed by atoms with E-state index in [0.29, 0.717) is 12.5 Å². The summed E-state index contributed by atoms with van der Waals surface area (Å²) in [5.74, 6) is 0.504. The summed E-state index contributed by atoms with van der Waals surface area (Å²) in [5, 5.41) is 0. The Labute approximate surface area is 115 Å². The van der Waals surface area contributed by atoms with Crippen LogP contribution in [0.2, 0.25) is 0 Å². The molecular formula is C14H26N3O2+.